The number of unbranched alkanes of at least 4 members (excludes halogenated alkanes) is 2. The Labute approximate surface area is 598 Å². The number of likely N-dealkylation sites (N-methyl/N-ethyl adjacent to an activating group) is 6. The van der Waals surface area contributed by atoms with Gasteiger partial charge in [-0.15, -0.1) is 0 Å². The molecule has 12 amide bonds. The number of fused-ring (bicyclic) bond motifs is 2. The SMILES string of the molecule is CCCCC[C@H]1C(=O)N[C@@H]([C@@H](C)CC)C(=O)N(C)[C@@H](C)C(=O)N2CC[C@H]2C(=O)N(C)[C@@H](CC2CCCCC2)C(=O)N(C)CC(=O)N[C@@H](CCc2ccc(C(F)(F)F)c(Cl)c2)C(=O)N2CCC[C@H]2C(=O)NC2(CCCC2)C(=O)N(C)[C@@H](C2CCCC2)C(=O)N(C)[C@H](C(=O)N2CCC2)CC(=O)N1C. The second-order valence-electron chi connectivity index (χ2n) is 29.9. The Morgan fingerprint density at radius 1 is 0.634 bits per heavy atom. The van der Waals surface area contributed by atoms with Gasteiger partial charge in [0.05, 0.1) is 23.6 Å². The Bertz CT molecular complexity index is 3190. The van der Waals surface area contributed by atoms with E-state index in [-0.39, 0.29) is 76.3 Å². The number of carbonyl (C=O) groups excluding carboxylic acids is 12. The Hall–Kier alpha value is -7.06. The Morgan fingerprint density at radius 3 is 1.88 bits per heavy atom. The largest absolute Gasteiger partial charge is 0.417 e. The minimum absolute atomic E-state index is 0.0261. The van der Waals surface area contributed by atoms with Crippen LogP contribution in [0.25, 0.3) is 0 Å². The van der Waals surface area contributed by atoms with E-state index in [0.29, 0.717) is 76.4 Å². The third-order valence-electron chi connectivity index (χ3n) is 23.3. The van der Waals surface area contributed by atoms with Gasteiger partial charge in [0.1, 0.15) is 59.9 Å². The van der Waals surface area contributed by atoms with Crippen LogP contribution in [0, 0.1) is 17.8 Å². The fourth-order valence-corrected chi connectivity index (χ4v) is 16.5. The second-order valence-corrected chi connectivity index (χ2v) is 30.3. The summed E-state index contributed by atoms with van der Waals surface area (Å²) in [5.74, 6) is -8.21. The highest BCUT2D eigenvalue weighted by atomic mass is 35.5. The Morgan fingerprint density at radius 2 is 1.29 bits per heavy atom. The molecule has 3 N–H and O–H groups in total. The number of hydrogen-bond acceptors (Lipinski definition) is 12. The molecule has 1 spiro atoms. The summed E-state index contributed by atoms with van der Waals surface area (Å²) in [4.78, 5) is 192. The topological polar surface area (TPSA) is 270 Å². The molecule has 3 saturated carbocycles. The van der Waals surface area contributed by atoms with Crippen LogP contribution in [0.5, 0.6) is 0 Å². The standard InChI is InChI=1S/C73H110ClF3N12O12/c1-11-13-15-28-53-62(92)79-60(45(3)12-2)69(99)82(6)46(4)64(94)89-40-34-55(89)67(97)84(8)56(42-47-24-16-14-17-25-47)66(96)81(5)44-58(90)78-52(33-31-48-30-32-50(51(74)41-48)73(75,76)77)65(95)88-39-22-29-54(88)63(93)80-72(35-20-21-36-72)71(101)86(10)61(49-26-18-19-27-49)70(100)85(9)57(43-59(91)83(53)7)68(98)87-37-23-38-87/h30,32,41,45-47,49,52-57,60-61H,11-29,31,33-40,42-44H2,1-10H3,(H,78,90)(H,79,92)(H,80,93)/t45-,46-,52-,53-,54-,55-,56-,57-,60-,61-/m0/s1. The van der Waals surface area contributed by atoms with Crippen molar-refractivity contribution < 1.29 is 70.7 Å². The average molecular weight is 1440 g/mol. The zero-order valence-electron chi connectivity index (χ0n) is 61.0. The molecule has 562 valence electrons. The molecule has 0 radical (unpaired) electrons. The van der Waals surface area contributed by atoms with E-state index in [1.165, 1.54) is 89.6 Å². The maximum absolute atomic E-state index is 15.6. The number of nitrogens with one attached hydrogen (secondary N) is 3. The molecule has 4 aliphatic heterocycles. The number of benzene rings is 1. The molecule has 10 atom stereocenters. The van der Waals surface area contributed by atoms with Crippen molar-refractivity contribution >= 4 is 82.5 Å². The predicted molar refractivity (Wildman–Crippen MR) is 371 cm³/mol. The summed E-state index contributed by atoms with van der Waals surface area (Å²) >= 11 is 6.17. The molecule has 0 unspecified atom stereocenters. The lowest BCUT2D eigenvalue weighted by molar-refractivity contribution is -0.160. The summed E-state index contributed by atoms with van der Waals surface area (Å²) in [5, 5.41) is 8.25. The van der Waals surface area contributed by atoms with Crippen molar-refractivity contribution in [1.29, 1.82) is 0 Å². The average Bonchev–Trinajstić information content (AvgIpc) is 1.74. The highest BCUT2D eigenvalue weighted by Gasteiger charge is 2.52. The summed E-state index contributed by atoms with van der Waals surface area (Å²) in [5.41, 5.74) is -2.32. The third-order valence-corrected chi connectivity index (χ3v) is 23.6. The molecular weight excluding hydrogens is 1330 g/mol. The van der Waals surface area contributed by atoms with Crippen molar-refractivity contribution in [2.45, 2.75) is 261 Å². The molecule has 0 bridgehead atoms. The van der Waals surface area contributed by atoms with Crippen molar-refractivity contribution in [1.82, 2.24) is 60.0 Å². The number of aryl methyl sites for hydroxylation is 1. The highest BCUT2D eigenvalue weighted by molar-refractivity contribution is 6.31. The first kappa shape index (κ1) is 79.6. The maximum Gasteiger partial charge on any atom is 0.417 e. The zero-order chi connectivity index (χ0) is 73.9. The van der Waals surface area contributed by atoms with Gasteiger partial charge in [-0.2, -0.15) is 13.2 Å². The van der Waals surface area contributed by atoms with Gasteiger partial charge in [0.15, 0.2) is 0 Å². The first-order valence-corrected chi connectivity index (χ1v) is 37.5. The van der Waals surface area contributed by atoms with Crippen molar-refractivity contribution in [2.24, 2.45) is 17.8 Å². The number of halogens is 4. The number of likely N-dealkylation sites (tertiary alicyclic amines) is 1. The number of carbonyl (C=O) groups is 12. The molecule has 1 aromatic rings. The van der Waals surface area contributed by atoms with Crippen LogP contribution in [0.4, 0.5) is 13.2 Å². The van der Waals surface area contributed by atoms with Gasteiger partial charge >= 0.3 is 6.18 Å². The maximum atomic E-state index is 15.6. The summed E-state index contributed by atoms with van der Waals surface area (Å²) < 4.78 is 41.7. The summed E-state index contributed by atoms with van der Waals surface area (Å²) in [6.45, 7) is 7.51. The molecule has 101 heavy (non-hydrogen) atoms. The molecule has 7 fully saturated rings. The smallest absolute Gasteiger partial charge is 0.343 e. The van der Waals surface area contributed by atoms with E-state index in [9.17, 15) is 41.9 Å². The highest BCUT2D eigenvalue weighted by Crippen LogP contribution is 2.39. The van der Waals surface area contributed by atoms with E-state index in [2.05, 4.69) is 16.0 Å². The van der Waals surface area contributed by atoms with Gasteiger partial charge in [-0.25, -0.2) is 0 Å². The number of rotatable bonds is 13. The fourth-order valence-electron chi connectivity index (χ4n) is 16.2. The van der Waals surface area contributed by atoms with Gasteiger partial charge in [-0.05, 0) is 119 Å². The predicted octanol–water partition coefficient (Wildman–Crippen LogP) is 6.32. The molecule has 0 aromatic heterocycles. The van der Waals surface area contributed by atoms with Crippen molar-refractivity contribution in [3.8, 4) is 0 Å². The lowest BCUT2D eigenvalue weighted by atomic mass is 9.84. The minimum Gasteiger partial charge on any atom is -0.343 e. The summed E-state index contributed by atoms with van der Waals surface area (Å²) in [6, 6.07) is -7.59. The number of alkyl halides is 3. The van der Waals surface area contributed by atoms with Gasteiger partial charge in [0.25, 0.3) is 0 Å². The lowest BCUT2D eigenvalue weighted by Crippen LogP contribution is -2.65. The normalized spacial score (nSPS) is 28.3. The molecule has 8 rings (SSSR count). The van der Waals surface area contributed by atoms with Gasteiger partial charge in [0.2, 0.25) is 70.9 Å². The number of amides is 12. The molecule has 1 aromatic carbocycles. The van der Waals surface area contributed by atoms with Crippen LogP contribution >= 0.6 is 11.6 Å². The first-order chi connectivity index (χ1) is 47.8. The monoisotopic (exact) mass is 1440 g/mol. The van der Waals surface area contributed by atoms with E-state index < -0.39 is 166 Å². The number of hydrogen-bond donors (Lipinski definition) is 3. The fraction of sp³-hybridized carbons (Fsp3) is 0.753. The van der Waals surface area contributed by atoms with Crippen LogP contribution < -0.4 is 16.0 Å². The number of nitrogens with zero attached hydrogens (tertiary/aromatic N) is 9. The molecule has 24 nitrogen and oxygen atoms in total. The molecule has 3 aliphatic carbocycles. The van der Waals surface area contributed by atoms with Crippen LogP contribution in [0.15, 0.2) is 18.2 Å². The Kier molecular flexibility index (Phi) is 27.6. The van der Waals surface area contributed by atoms with E-state index >= 15 is 28.8 Å². The van der Waals surface area contributed by atoms with Crippen LogP contribution in [0.1, 0.15) is 199 Å². The lowest BCUT2D eigenvalue weighted by Gasteiger charge is -2.45. The van der Waals surface area contributed by atoms with Gasteiger partial charge < -0.3 is 60.0 Å². The quantitative estimate of drug-likeness (QED) is 0.183. The second kappa shape index (κ2) is 34.9. The van der Waals surface area contributed by atoms with Crippen LogP contribution in [-0.4, -0.2) is 250 Å². The molecule has 7 aliphatic rings. The van der Waals surface area contributed by atoms with Crippen LogP contribution in [-0.2, 0) is 70.1 Å². The van der Waals surface area contributed by atoms with Crippen molar-refractivity contribution in [2.75, 3.05) is 75.0 Å². The van der Waals surface area contributed by atoms with E-state index in [0.717, 1.165) is 68.4 Å². The summed E-state index contributed by atoms with van der Waals surface area (Å²) in [6.07, 6.45) is 7.07. The third kappa shape index (κ3) is 18.5. The van der Waals surface area contributed by atoms with Crippen LogP contribution in [0.3, 0.4) is 0 Å². The summed E-state index contributed by atoms with van der Waals surface area (Å²) in [7, 11) is 8.75. The van der Waals surface area contributed by atoms with Crippen LogP contribution in [0.2, 0.25) is 5.02 Å². The van der Waals surface area contributed by atoms with Gasteiger partial charge in [-0.3, -0.25) is 57.5 Å². The minimum atomic E-state index is -4.76. The zero-order valence-corrected chi connectivity index (χ0v) is 61.8. The van der Waals surface area contributed by atoms with Crippen molar-refractivity contribution in [3.05, 3.63) is 34.3 Å². The van der Waals surface area contributed by atoms with E-state index in [4.69, 9.17) is 11.6 Å². The van der Waals surface area contributed by atoms with Crippen molar-refractivity contribution in [3.63, 3.8) is 0 Å². The van der Waals surface area contributed by atoms with E-state index in [1.54, 1.807) is 11.8 Å². The molecule has 4 saturated heterocycles. The molecule has 4 heterocycles. The molecular formula is C73H110ClF3N12O12. The van der Waals surface area contributed by atoms with Gasteiger partial charge in [-0.1, -0.05) is 122 Å². The first-order valence-electron chi connectivity index (χ1n) is 37.1. The Balaban J connectivity index is 1.17. The molecule has 28 heteroatoms. The van der Waals surface area contributed by atoms with Gasteiger partial charge in [0, 0.05) is 68.5 Å². The van der Waals surface area contributed by atoms with E-state index in [1.807, 2.05) is 13.8 Å².